The Morgan fingerprint density at radius 1 is 1.00 bits per heavy atom. The van der Waals surface area contributed by atoms with Gasteiger partial charge in [0.25, 0.3) is 0 Å². The van der Waals surface area contributed by atoms with E-state index in [2.05, 4.69) is 30.2 Å². The van der Waals surface area contributed by atoms with Gasteiger partial charge >= 0.3 is 0 Å². The van der Waals surface area contributed by atoms with E-state index in [0.29, 0.717) is 5.82 Å². The Balaban J connectivity index is 1.96. The summed E-state index contributed by atoms with van der Waals surface area (Å²) >= 11 is 0. The summed E-state index contributed by atoms with van der Waals surface area (Å²) in [5, 5.41) is 3.36. The van der Waals surface area contributed by atoms with Crippen LogP contribution in [0.1, 0.15) is 0 Å². The SMILES string of the molecule is CN(C)CCNc1cc(-c2ccccn2)nc(-c2cccnc2)n1. The molecule has 0 aliphatic heterocycles. The summed E-state index contributed by atoms with van der Waals surface area (Å²) in [4.78, 5) is 19.9. The Hall–Kier alpha value is -2.86. The van der Waals surface area contributed by atoms with Crippen LogP contribution in [0.15, 0.2) is 55.0 Å². The van der Waals surface area contributed by atoms with Gasteiger partial charge in [-0.25, -0.2) is 9.97 Å². The fraction of sp³-hybridized carbons (Fsp3) is 0.222. The molecule has 3 heterocycles. The number of anilines is 1. The first-order valence-corrected chi connectivity index (χ1v) is 7.82. The lowest BCUT2D eigenvalue weighted by Crippen LogP contribution is -2.21. The molecular formula is C18H20N6. The van der Waals surface area contributed by atoms with E-state index >= 15 is 0 Å². The van der Waals surface area contributed by atoms with E-state index in [1.54, 1.807) is 18.6 Å². The van der Waals surface area contributed by atoms with Crippen LogP contribution in [-0.2, 0) is 0 Å². The molecule has 0 radical (unpaired) electrons. The van der Waals surface area contributed by atoms with Gasteiger partial charge in [-0.1, -0.05) is 6.07 Å². The van der Waals surface area contributed by atoms with Crippen molar-refractivity contribution in [1.82, 2.24) is 24.8 Å². The first kappa shape index (κ1) is 16.0. The molecular weight excluding hydrogens is 300 g/mol. The van der Waals surface area contributed by atoms with E-state index < -0.39 is 0 Å². The number of hydrogen-bond donors (Lipinski definition) is 1. The van der Waals surface area contributed by atoms with Crippen LogP contribution in [0, 0.1) is 0 Å². The fourth-order valence-corrected chi connectivity index (χ4v) is 2.21. The summed E-state index contributed by atoms with van der Waals surface area (Å²) < 4.78 is 0. The van der Waals surface area contributed by atoms with E-state index in [4.69, 9.17) is 0 Å². The predicted octanol–water partition coefficient (Wildman–Crippen LogP) is 2.57. The van der Waals surface area contributed by atoms with Crippen LogP contribution in [0.4, 0.5) is 5.82 Å². The average molecular weight is 320 g/mol. The largest absolute Gasteiger partial charge is 0.369 e. The number of aromatic nitrogens is 4. The van der Waals surface area contributed by atoms with Gasteiger partial charge in [0.2, 0.25) is 0 Å². The van der Waals surface area contributed by atoms with Gasteiger partial charge in [-0.15, -0.1) is 0 Å². The van der Waals surface area contributed by atoms with E-state index in [0.717, 1.165) is 35.9 Å². The highest BCUT2D eigenvalue weighted by molar-refractivity contribution is 5.64. The highest BCUT2D eigenvalue weighted by atomic mass is 15.1. The van der Waals surface area contributed by atoms with Gasteiger partial charge in [0.1, 0.15) is 5.82 Å². The lowest BCUT2D eigenvalue weighted by molar-refractivity contribution is 0.425. The van der Waals surface area contributed by atoms with Gasteiger partial charge in [-0.3, -0.25) is 9.97 Å². The number of likely N-dealkylation sites (N-methyl/N-ethyl adjacent to an activating group) is 1. The standard InChI is InChI=1S/C18H20N6/c1-24(2)11-10-21-17-12-16(15-7-3-4-9-20-15)22-18(23-17)14-6-5-8-19-13-14/h3-9,12-13H,10-11H2,1-2H3,(H,21,22,23). The maximum atomic E-state index is 4.65. The van der Waals surface area contributed by atoms with Gasteiger partial charge in [0, 0.05) is 43.3 Å². The van der Waals surface area contributed by atoms with Crippen molar-refractivity contribution in [2.45, 2.75) is 0 Å². The Morgan fingerprint density at radius 2 is 1.92 bits per heavy atom. The molecule has 3 rings (SSSR count). The van der Waals surface area contributed by atoms with Crippen molar-refractivity contribution in [1.29, 1.82) is 0 Å². The van der Waals surface area contributed by atoms with Crippen molar-refractivity contribution in [3.8, 4) is 22.8 Å². The minimum absolute atomic E-state index is 0.638. The molecule has 6 nitrogen and oxygen atoms in total. The summed E-state index contributed by atoms with van der Waals surface area (Å²) in [5.41, 5.74) is 2.49. The van der Waals surface area contributed by atoms with Crippen molar-refractivity contribution >= 4 is 5.82 Å². The number of hydrogen-bond acceptors (Lipinski definition) is 6. The van der Waals surface area contributed by atoms with E-state index in [-0.39, 0.29) is 0 Å². The topological polar surface area (TPSA) is 66.8 Å². The highest BCUT2D eigenvalue weighted by Crippen LogP contribution is 2.22. The Bertz CT molecular complexity index is 716. The maximum absolute atomic E-state index is 4.65. The molecule has 0 atom stereocenters. The second-order valence-electron chi connectivity index (χ2n) is 5.65. The number of nitrogens with one attached hydrogen (secondary N) is 1. The number of rotatable bonds is 6. The molecule has 0 fully saturated rings. The molecule has 122 valence electrons. The smallest absolute Gasteiger partial charge is 0.163 e. The van der Waals surface area contributed by atoms with Crippen LogP contribution in [0.5, 0.6) is 0 Å². The summed E-state index contributed by atoms with van der Waals surface area (Å²) in [5.74, 6) is 1.42. The number of nitrogens with zero attached hydrogens (tertiary/aromatic N) is 5. The van der Waals surface area contributed by atoms with Crippen molar-refractivity contribution in [2.75, 3.05) is 32.5 Å². The van der Waals surface area contributed by atoms with Crippen LogP contribution in [0.3, 0.4) is 0 Å². The second kappa shape index (κ2) is 7.61. The Kier molecular flexibility index (Phi) is 5.08. The quantitative estimate of drug-likeness (QED) is 0.753. The average Bonchev–Trinajstić information content (AvgIpc) is 2.63. The molecule has 1 N–H and O–H groups in total. The van der Waals surface area contributed by atoms with E-state index in [9.17, 15) is 0 Å². The zero-order valence-corrected chi connectivity index (χ0v) is 13.8. The summed E-state index contributed by atoms with van der Waals surface area (Å²) in [6.45, 7) is 1.73. The van der Waals surface area contributed by atoms with Crippen LogP contribution >= 0.6 is 0 Å². The molecule has 3 aromatic heterocycles. The van der Waals surface area contributed by atoms with Gasteiger partial charge in [0.05, 0.1) is 11.4 Å². The minimum atomic E-state index is 0.638. The van der Waals surface area contributed by atoms with E-state index in [1.165, 1.54) is 0 Å². The monoisotopic (exact) mass is 320 g/mol. The summed E-state index contributed by atoms with van der Waals surface area (Å²) in [6.07, 6.45) is 5.27. The fourth-order valence-electron chi connectivity index (χ4n) is 2.21. The van der Waals surface area contributed by atoms with Crippen LogP contribution in [-0.4, -0.2) is 52.0 Å². The molecule has 3 aromatic rings. The normalized spacial score (nSPS) is 10.8. The molecule has 0 aliphatic carbocycles. The van der Waals surface area contributed by atoms with Crippen LogP contribution in [0.25, 0.3) is 22.8 Å². The molecule has 0 spiro atoms. The lowest BCUT2D eigenvalue weighted by atomic mass is 10.2. The second-order valence-corrected chi connectivity index (χ2v) is 5.65. The van der Waals surface area contributed by atoms with Crippen molar-refractivity contribution < 1.29 is 0 Å². The molecule has 6 heteroatoms. The van der Waals surface area contributed by atoms with Gasteiger partial charge < -0.3 is 10.2 Å². The molecule has 0 amide bonds. The molecule has 0 aliphatic rings. The molecule has 24 heavy (non-hydrogen) atoms. The predicted molar refractivity (Wildman–Crippen MR) is 95.5 cm³/mol. The summed E-state index contributed by atoms with van der Waals surface area (Å²) in [7, 11) is 4.09. The van der Waals surface area contributed by atoms with Gasteiger partial charge in [-0.05, 0) is 38.4 Å². The van der Waals surface area contributed by atoms with Crippen LogP contribution in [0.2, 0.25) is 0 Å². The zero-order chi connectivity index (χ0) is 16.8. The zero-order valence-electron chi connectivity index (χ0n) is 13.8. The molecule has 0 bridgehead atoms. The molecule has 0 unspecified atom stereocenters. The first-order chi connectivity index (χ1) is 11.7. The van der Waals surface area contributed by atoms with Crippen LogP contribution < -0.4 is 5.32 Å². The lowest BCUT2D eigenvalue weighted by Gasteiger charge is -2.12. The van der Waals surface area contributed by atoms with Crippen molar-refractivity contribution in [2.24, 2.45) is 0 Å². The molecule has 0 saturated heterocycles. The third-order valence-corrected chi connectivity index (χ3v) is 3.44. The van der Waals surface area contributed by atoms with Gasteiger partial charge in [0.15, 0.2) is 5.82 Å². The van der Waals surface area contributed by atoms with Gasteiger partial charge in [-0.2, -0.15) is 0 Å². The Labute approximate surface area is 141 Å². The molecule has 0 saturated carbocycles. The van der Waals surface area contributed by atoms with E-state index in [1.807, 2.05) is 50.5 Å². The highest BCUT2D eigenvalue weighted by Gasteiger charge is 2.09. The van der Waals surface area contributed by atoms with Crippen molar-refractivity contribution in [3.63, 3.8) is 0 Å². The summed E-state index contributed by atoms with van der Waals surface area (Å²) in [6, 6.07) is 11.5. The minimum Gasteiger partial charge on any atom is -0.369 e. The first-order valence-electron chi connectivity index (χ1n) is 7.82. The maximum Gasteiger partial charge on any atom is 0.163 e. The molecule has 0 aromatic carbocycles. The third-order valence-electron chi connectivity index (χ3n) is 3.44. The third kappa shape index (κ3) is 4.11. The number of pyridine rings is 2. The van der Waals surface area contributed by atoms with Crippen molar-refractivity contribution in [3.05, 3.63) is 55.0 Å². The Morgan fingerprint density at radius 3 is 2.62 bits per heavy atom.